The lowest BCUT2D eigenvalue weighted by atomic mass is 9.94. The number of amides is 1. The van der Waals surface area contributed by atoms with Gasteiger partial charge < -0.3 is 10.6 Å². The summed E-state index contributed by atoms with van der Waals surface area (Å²) in [6.45, 7) is 16.5. The third kappa shape index (κ3) is 8.19. The van der Waals surface area contributed by atoms with Crippen LogP contribution in [0, 0.1) is 17.3 Å². The molecule has 0 spiro atoms. The van der Waals surface area contributed by atoms with Gasteiger partial charge in [0, 0.05) is 18.0 Å². The van der Waals surface area contributed by atoms with Crippen molar-refractivity contribution in [3.05, 3.63) is 0 Å². The number of nitrogens with one attached hydrogen (secondary N) is 2. The molecule has 136 valence electrons. The summed E-state index contributed by atoms with van der Waals surface area (Å²) < 4.78 is 0. The lowest BCUT2D eigenvalue weighted by Gasteiger charge is -2.27. The first-order chi connectivity index (χ1) is 10.5. The molecule has 0 radical (unpaired) electrons. The van der Waals surface area contributed by atoms with Crippen molar-refractivity contribution in [1.82, 2.24) is 10.6 Å². The Morgan fingerprint density at radius 3 is 2.48 bits per heavy atom. The molecule has 1 unspecified atom stereocenters. The molecule has 0 aliphatic heterocycles. The van der Waals surface area contributed by atoms with Gasteiger partial charge in [-0.1, -0.05) is 34.6 Å². The molecule has 3 heteroatoms. The van der Waals surface area contributed by atoms with E-state index in [0.717, 1.165) is 31.2 Å². The summed E-state index contributed by atoms with van der Waals surface area (Å²) in [5.41, 5.74) is 0.393. The van der Waals surface area contributed by atoms with Crippen molar-refractivity contribution in [2.75, 3.05) is 6.54 Å². The summed E-state index contributed by atoms with van der Waals surface area (Å²) in [6.07, 6.45) is 6.57. The Kier molecular flexibility index (Phi) is 7.57. The van der Waals surface area contributed by atoms with E-state index in [1.54, 1.807) is 0 Å². The van der Waals surface area contributed by atoms with Crippen molar-refractivity contribution >= 4 is 5.91 Å². The first-order valence-corrected chi connectivity index (χ1v) is 9.58. The van der Waals surface area contributed by atoms with Crippen molar-refractivity contribution in [3.8, 4) is 0 Å². The van der Waals surface area contributed by atoms with Crippen molar-refractivity contribution < 1.29 is 4.79 Å². The third-order valence-electron chi connectivity index (χ3n) is 5.23. The van der Waals surface area contributed by atoms with Crippen LogP contribution in [0.15, 0.2) is 0 Å². The summed E-state index contributed by atoms with van der Waals surface area (Å²) >= 11 is 0. The molecule has 0 aromatic heterocycles. The monoisotopic (exact) mass is 324 g/mol. The van der Waals surface area contributed by atoms with Gasteiger partial charge in [0.15, 0.2) is 0 Å². The van der Waals surface area contributed by atoms with Gasteiger partial charge in [-0.15, -0.1) is 0 Å². The van der Waals surface area contributed by atoms with Gasteiger partial charge in [0.25, 0.3) is 0 Å². The highest BCUT2D eigenvalue weighted by Crippen LogP contribution is 2.58. The molecule has 0 heterocycles. The fraction of sp³-hybridized carbons (Fsp3) is 0.950. The lowest BCUT2D eigenvalue weighted by molar-refractivity contribution is -0.122. The van der Waals surface area contributed by atoms with Crippen molar-refractivity contribution in [1.29, 1.82) is 0 Å². The molecule has 1 aliphatic rings. The van der Waals surface area contributed by atoms with Crippen molar-refractivity contribution in [3.63, 3.8) is 0 Å². The van der Waals surface area contributed by atoms with Gasteiger partial charge in [0.1, 0.15) is 0 Å². The van der Waals surface area contributed by atoms with Gasteiger partial charge in [-0.2, -0.15) is 0 Å². The third-order valence-corrected chi connectivity index (χ3v) is 5.23. The standard InChI is InChI=1S/C20H40N2O/c1-15(2)13-17-14-20(17,7)10-8-9-18(23)22-19(5,6)11-12-21-16(3)4/h15-17,21H,8-14H2,1-7H3,(H,22,23)/t17?,20-/m0/s1. The summed E-state index contributed by atoms with van der Waals surface area (Å²) in [5, 5.41) is 6.62. The van der Waals surface area contributed by atoms with Crippen LogP contribution in [0.3, 0.4) is 0 Å². The molecule has 23 heavy (non-hydrogen) atoms. The topological polar surface area (TPSA) is 41.1 Å². The molecular formula is C20H40N2O. The maximum absolute atomic E-state index is 12.2. The van der Waals surface area contributed by atoms with E-state index < -0.39 is 0 Å². The van der Waals surface area contributed by atoms with Crippen LogP contribution in [-0.4, -0.2) is 24.0 Å². The molecular weight excluding hydrogens is 284 g/mol. The molecule has 1 aliphatic carbocycles. The van der Waals surface area contributed by atoms with E-state index >= 15 is 0 Å². The zero-order valence-electron chi connectivity index (χ0n) is 16.6. The van der Waals surface area contributed by atoms with E-state index in [1.807, 2.05) is 0 Å². The maximum atomic E-state index is 12.2. The van der Waals surface area contributed by atoms with Crippen LogP contribution >= 0.6 is 0 Å². The lowest BCUT2D eigenvalue weighted by Crippen LogP contribution is -2.45. The molecule has 1 amide bonds. The van der Waals surface area contributed by atoms with Gasteiger partial charge in [-0.3, -0.25) is 4.79 Å². The molecule has 0 bridgehead atoms. The molecule has 2 N–H and O–H groups in total. The van der Waals surface area contributed by atoms with Crippen LogP contribution in [0.1, 0.15) is 87.0 Å². The fourth-order valence-corrected chi connectivity index (χ4v) is 3.58. The van der Waals surface area contributed by atoms with Gasteiger partial charge in [0.05, 0.1) is 0 Å². The van der Waals surface area contributed by atoms with Gasteiger partial charge in [-0.25, -0.2) is 0 Å². The fourth-order valence-electron chi connectivity index (χ4n) is 3.58. The van der Waals surface area contributed by atoms with Crippen LogP contribution in [0.5, 0.6) is 0 Å². The molecule has 0 saturated heterocycles. The van der Waals surface area contributed by atoms with Crippen LogP contribution < -0.4 is 10.6 Å². The number of carbonyl (C=O) groups is 1. The molecule has 3 nitrogen and oxygen atoms in total. The molecule has 2 atom stereocenters. The molecule has 1 rings (SSSR count). The number of carbonyl (C=O) groups excluding carboxylic acids is 1. The van der Waals surface area contributed by atoms with Gasteiger partial charge in [-0.05, 0) is 69.7 Å². The highest BCUT2D eigenvalue weighted by atomic mass is 16.1. The quantitative estimate of drug-likeness (QED) is 0.587. The minimum absolute atomic E-state index is 0.122. The average molecular weight is 325 g/mol. The van der Waals surface area contributed by atoms with Crippen LogP contribution in [-0.2, 0) is 4.79 Å². The first-order valence-electron chi connectivity index (χ1n) is 9.58. The average Bonchev–Trinajstić information content (AvgIpc) is 2.96. The largest absolute Gasteiger partial charge is 0.351 e. The first kappa shape index (κ1) is 20.5. The van der Waals surface area contributed by atoms with E-state index in [2.05, 4.69) is 59.1 Å². The smallest absolute Gasteiger partial charge is 0.220 e. The van der Waals surface area contributed by atoms with Gasteiger partial charge >= 0.3 is 0 Å². The SMILES string of the molecule is CC(C)CC1C[C@]1(C)CCCC(=O)NC(C)(C)CCNC(C)C. The number of hydrogen-bond acceptors (Lipinski definition) is 2. The van der Waals surface area contributed by atoms with Crippen molar-refractivity contribution in [2.45, 2.75) is 98.6 Å². The molecule has 0 aromatic carbocycles. The van der Waals surface area contributed by atoms with Gasteiger partial charge in [0.2, 0.25) is 5.91 Å². The summed E-state index contributed by atoms with van der Waals surface area (Å²) in [4.78, 5) is 12.2. The Morgan fingerprint density at radius 1 is 1.26 bits per heavy atom. The predicted octanol–water partition coefficient (Wildman–Crippen LogP) is 4.51. The summed E-state index contributed by atoms with van der Waals surface area (Å²) in [7, 11) is 0. The minimum atomic E-state index is -0.122. The molecule has 1 fully saturated rings. The Bertz CT molecular complexity index is 376. The molecule has 0 aromatic rings. The van der Waals surface area contributed by atoms with E-state index in [-0.39, 0.29) is 11.4 Å². The Balaban J connectivity index is 2.19. The molecule has 1 saturated carbocycles. The van der Waals surface area contributed by atoms with Crippen LogP contribution in [0.25, 0.3) is 0 Å². The van der Waals surface area contributed by atoms with E-state index in [1.165, 1.54) is 19.3 Å². The highest BCUT2D eigenvalue weighted by Gasteiger charge is 2.48. The maximum Gasteiger partial charge on any atom is 0.220 e. The zero-order valence-corrected chi connectivity index (χ0v) is 16.6. The second kappa shape index (κ2) is 8.50. The summed E-state index contributed by atoms with van der Waals surface area (Å²) in [6, 6.07) is 0.500. The van der Waals surface area contributed by atoms with Crippen LogP contribution in [0.4, 0.5) is 0 Å². The number of rotatable bonds is 11. The normalized spacial score (nSPS) is 24.3. The minimum Gasteiger partial charge on any atom is -0.351 e. The van der Waals surface area contributed by atoms with E-state index in [4.69, 9.17) is 0 Å². The second-order valence-corrected chi connectivity index (χ2v) is 9.33. The van der Waals surface area contributed by atoms with E-state index in [0.29, 0.717) is 17.9 Å². The highest BCUT2D eigenvalue weighted by molar-refractivity contribution is 5.76. The summed E-state index contributed by atoms with van der Waals surface area (Å²) in [5.74, 6) is 1.90. The Morgan fingerprint density at radius 2 is 1.91 bits per heavy atom. The van der Waals surface area contributed by atoms with Crippen LogP contribution in [0.2, 0.25) is 0 Å². The Hall–Kier alpha value is -0.570. The van der Waals surface area contributed by atoms with Crippen molar-refractivity contribution in [2.24, 2.45) is 17.3 Å². The number of hydrogen-bond donors (Lipinski definition) is 2. The Labute approximate surface area is 144 Å². The predicted molar refractivity (Wildman–Crippen MR) is 99.5 cm³/mol. The zero-order chi connectivity index (χ0) is 17.7. The second-order valence-electron chi connectivity index (χ2n) is 9.33. The van der Waals surface area contributed by atoms with E-state index in [9.17, 15) is 4.79 Å².